The average Bonchev–Trinajstić information content (AvgIpc) is 2.03. The molecule has 0 saturated heterocycles. The van der Waals surface area contributed by atoms with Crippen LogP contribution >= 0.6 is 0 Å². The van der Waals surface area contributed by atoms with Crippen molar-refractivity contribution in [1.82, 2.24) is 0 Å². The molecule has 0 bridgehead atoms. The number of hydrogen-bond donors (Lipinski definition) is 0. The van der Waals surface area contributed by atoms with Crippen molar-refractivity contribution in [3.8, 4) is 0 Å². The van der Waals surface area contributed by atoms with E-state index in [4.69, 9.17) is 0 Å². The second-order valence-corrected chi connectivity index (χ2v) is 3.63. The number of esters is 1. The highest BCUT2D eigenvalue weighted by Crippen LogP contribution is 2.17. The van der Waals surface area contributed by atoms with Crippen LogP contribution in [0.3, 0.4) is 0 Å². The standard InChI is InChI=1S/C10H20O2/c1-5-8(2)6-9(3)7-10(11)12-4/h8-9H,5-7H2,1-4H3/t8-,9+/m0/s1. The Kier molecular flexibility index (Phi) is 5.77. The molecule has 0 aromatic heterocycles. The molecule has 2 atom stereocenters. The number of rotatable bonds is 5. The fourth-order valence-corrected chi connectivity index (χ4v) is 1.30. The zero-order valence-electron chi connectivity index (χ0n) is 8.59. The van der Waals surface area contributed by atoms with Gasteiger partial charge in [-0.15, -0.1) is 0 Å². The molecule has 0 aliphatic carbocycles. The smallest absolute Gasteiger partial charge is 0.305 e. The Morgan fingerprint density at radius 3 is 2.33 bits per heavy atom. The van der Waals surface area contributed by atoms with Gasteiger partial charge in [-0.05, 0) is 18.3 Å². The van der Waals surface area contributed by atoms with E-state index < -0.39 is 0 Å². The van der Waals surface area contributed by atoms with Gasteiger partial charge in [0, 0.05) is 6.42 Å². The van der Waals surface area contributed by atoms with E-state index in [0.717, 1.165) is 6.42 Å². The fourth-order valence-electron chi connectivity index (χ4n) is 1.30. The van der Waals surface area contributed by atoms with Crippen LogP contribution in [0.15, 0.2) is 0 Å². The molecule has 0 aliphatic heterocycles. The van der Waals surface area contributed by atoms with Crippen LogP contribution in [0.4, 0.5) is 0 Å². The molecule has 2 heteroatoms. The first-order valence-corrected chi connectivity index (χ1v) is 4.66. The molecule has 0 rings (SSSR count). The van der Waals surface area contributed by atoms with Crippen molar-refractivity contribution in [2.75, 3.05) is 7.11 Å². The zero-order valence-corrected chi connectivity index (χ0v) is 8.59. The molecule has 0 aromatic carbocycles. The van der Waals surface area contributed by atoms with Gasteiger partial charge in [-0.3, -0.25) is 4.79 Å². The van der Waals surface area contributed by atoms with E-state index in [1.54, 1.807) is 0 Å². The van der Waals surface area contributed by atoms with Gasteiger partial charge in [-0.2, -0.15) is 0 Å². The van der Waals surface area contributed by atoms with Crippen LogP contribution in [0.25, 0.3) is 0 Å². The van der Waals surface area contributed by atoms with Gasteiger partial charge in [-0.25, -0.2) is 0 Å². The third-order valence-corrected chi connectivity index (χ3v) is 2.24. The molecular weight excluding hydrogens is 152 g/mol. The van der Waals surface area contributed by atoms with Crippen LogP contribution in [0.2, 0.25) is 0 Å². The van der Waals surface area contributed by atoms with Crippen LogP contribution in [-0.4, -0.2) is 13.1 Å². The number of hydrogen-bond acceptors (Lipinski definition) is 2. The lowest BCUT2D eigenvalue weighted by Crippen LogP contribution is -2.09. The second kappa shape index (κ2) is 6.04. The van der Waals surface area contributed by atoms with E-state index in [1.165, 1.54) is 13.5 Å². The lowest BCUT2D eigenvalue weighted by molar-refractivity contribution is -0.141. The summed E-state index contributed by atoms with van der Waals surface area (Å²) in [5, 5.41) is 0. The Morgan fingerprint density at radius 1 is 1.33 bits per heavy atom. The summed E-state index contributed by atoms with van der Waals surface area (Å²) in [6.45, 7) is 6.49. The molecule has 0 spiro atoms. The third-order valence-electron chi connectivity index (χ3n) is 2.24. The van der Waals surface area contributed by atoms with Gasteiger partial charge in [0.2, 0.25) is 0 Å². The van der Waals surface area contributed by atoms with Crippen LogP contribution < -0.4 is 0 Å². The monoisotopic (exact) mass is 172 g/mol. The maximum atomic E-state index is 10.9. The van der Waals surface area contributed by atoms with Crippen LogP contribution in [0.1, 0.15) is 40.0 Å². The maximum Gasteiger partial charge on any atom is 0.305 e. The quantitative estimate of drug-likeness (QED) is 0.596. The number of carbonyl (C=O) groups is 1. The highest BCUT2D eigenvalue weighted by atomic mass is 16.5. The van der Waals surface area contributed by atoms with Gasteiger partial charge in [0.25, 0.3) is 0 Å². The summed E-state index contributed by atoms with van der Waals surface area (Å²) < 4.78 is 4.60. The summed E-state index contributed by atoms with van der Waals surface area (Å²) in [5.41, 5.74) is 0. The van der Waals surface area contributed by atoms with Gasteiger partial charge in [0.05, 0.1) is 7.11 Å². The van der Waals surface area contributed by atoms with Crippen LogP contribution in [0.5, 0.6) is 0 Å². The molecule has 0 aromatic rings. The molecule has 0 saturated carbocycles. The summed E-state index contributed by atoms with van der Waals surface area (Å²) in [4.78, 5) is 10.9. The Morgan fingerprint density at radius 2 is 1.92 bits per heavy atom. The lowest BCUT2D eigenvalue weighted by atomic mass is 9.93. The molecule has 0 radical (unpaired) electrons. The summed E-state index contributed by atoms with van der Waals surface area (Å²) in [6, 6.07) is 0. The average molecular weight is 172 g/mol. The number of methoxy groups -OCH3 is 1. The van der Waals surface area contributed by atoms with Gasteiger partial charge in [-0.1, -0.05) is 27.2 Å². The SMILES string of the molecule is CC[C@H](C)C[C@@H](C)CC(=O)OC. The molecule has 72 valence electrons. The fraction of sp³-hybridized carbons (Fsp3) is 0.900. The van der Waals surface area contributed by atoms with Crippen molar-refractivity contribution >= 4 is 5.97 Å². The highest BCUT2D eigenvalue weighted by Gasteiger charge is 2.11. The Labute approximate surface area is 75.3 Å². The third kappa shape index (κ3) is 5.16. The molecule has 12 heavy (non-hydrogen) atoms. The highest BCUT2D eigenvalue weighted by molar-refractivity contribution is 5.69. The molecule has 0 amide bonds. The van der Waals surface area contributed by atoms with E-state index in [9.17, 15) is 4.79 Å². The molecule has 0 unspecified atom stereocenters. The van der Waals surface area contributed by atoms with Crippen molar-refractivity contribution < 1.29 is 9.53 Å². The molecule has 0 N–H and O–H groups in total. The molecule has 0 aliphatic rings. The van der Waals surface area contributed by atoms with Gasteiger partial charge < -0.3 is 4.74 Å². The molecule has 0 fully saturated rings. The first-order chi connectivity index (χ1) is 5.60. The van der Waals surface area contributed by atoms with E-state index in [1.807, 2.05) is 0 Å². The van der Waals surface area contributed by atoms with Crippen LogP contribution in [-0.2, 0) is 9.53 Å². The minimum absolute atomic E-state index is 0.0918. The molecule has 2 nitrogen and oxygen atoms in total. The van der Waals surface area contributed by atoms with Gasteiger partial charge in [0.1, 0.15) is 0 Å². The minimum atomic E-state index is -0.0918. The van der Waals surface area contributed by atoms with Crippen molar-refractivity contribution in [2.24, 2.45) is 11.8 Å². The van der Waals surface area contributed by atoms with E-state index in [-0.39, 0.29) is 5.97 Å². The van der Waals surface area contributed by atoms with E-state index >= 15 is 0 Å². The van der Waals surface area contributed by atoms with Gasteiger partial charge in [0.15, 0.2) is 0 Å². The Hall–Kier alpha value is -0.530. The van der Waals surface area contributed by atoms with Crippen molar-refractivity contribution in [3.05, 3.63) is 0 Å². The van der Waals surface area contributed by atoms with E-state index in [2.05, 4.69) is 25.5 Å². The largest absolute Gasteiger partial charge is 0.469 e. The summed E-state index contributed by atoms with van der Waals surface area (Å²) >= 11 is 0. The minimum Gasteiger partial charge on any atom is -0.469 e. The summed E-state index contributed by atoms with van der Waals surface area (Å²) in [5.74, 6) is 1.07. The van der Waals surface area contributed by atoms with Crippen molar-refractivity contribution in [3.63, 3.8) is 0 Å². The first kappa shape index (κ1) is 11.5. The van der Waals surface area contributed by atoms with Crippen molar-refractivity contribution in [2.45, 2.75) is 40.0 Å². The summed E-state index contributed by atoms with van der Waals surface area (Å²) in [7, 11) is 1.44. The maximum absolute atomic E-state index is 10.9. The van der Waals surface area contributed by atoms with Crippen molar-refractivity contribution in [1.29, 1.82) is 0 Å². The number of ether oxygens (including phenoxy) is 1. The normalized spacial score (nSPS) is 15.3. The second-order valence-electron chi connectivity index (χ2n) is 3.63. The predicted octanol–water partition coefficient (Wildman–Crippen LogP) is 2.62. The zero-order chi connectivity index (χ0) is 9.56. The van der Waals surface area contributed by atoms with Crippen LogP contribution in [0, 0.1) is 11.8 Å². The molecule has 0 heterocycles. The predicted molar refractivity (Wildman–Crippen MR) is 49.9 cm³/mol. The van der Waals surface area contributed by atoms with Gasteiger partial charge >= 0.3 is 5.97 Å². The first-order valence-electron chi connectivity index (χ1n) is 4.66. The Bertz CT molecular complexity index is 132. The topological polar surface area (TPSA) is 26.3 Å². The number of carbonyl (C=O) groups excluding carboxylic acids is 1. The van der Waals surface area contributed by atoms with E-state index in [0.29, 0.717) is 18.3 Å². The molecular formula is C10H20O2. The lowest BCUT2D eigenvalue weighted by Gasteiger charge is -2.14. The Balaban J connectivity index is 3.58. The summed E-state index contributed by atoms with van der Waals surface area (Å²) in [6.07, 6.45) is 2.86.